The molecule has 2 aromatic carbocycles. The molecule has 21 heavy (non-hydrogen) atoms. The highest BCUT2D eigenvalue weighted by Gasteiger charge is 2.25. The highest BCUT2D eigenvalue weighted by Crippen LogP contribution is 2.34. The number of aromatic hydroxyl groups is 1. The van der Waals surface area contributed by atoms with Gasteiger partial charge in [0.2, 0.25) is 0 Å². The van der Waals surface area contributed by atoms with Crippen LogP contribution in [-0.4, -0.2) is 29.1 Å². The third-order valence-electron chi connectivity index (χ3n) is 4.58. The lowest BCUT2D eigenvalue weighted by Crippen LogP contribution is -2.41. The van der Waals surface area contributed by atoms with E-state index in [2.05, 4.69) is 36.9 Å². The van der Waals surface area contributed by atoms with Crippen molar-refractivity contribution in [1.82, 2.24) is 4.90 Å². The van der Waals surface area contributed by atoms with Crippen molar-refractivity contribution in [3.05, 3.63) is 41.5 Å². The van der Waals surface area contributed by atoms with Gasteiger partial charge in [-0.25, -0.2) is 0 Å². The number of rotatable bonds is 5. The second kappa shape index (κ2) is 6.07. The van der Waals surface area contributed by atoms with Crippen molar-refractivity contribution < 1.29 is 5.11 Å². The van der Waals surface area contributed by atoms with E-state index in [1.807, 2.05) is 12.1 Å². The molecule has 0 aromatic heterocycles. The summed E-state index contributed by atoms with van der Waals surface area (Å²) in [6, 6.07) is 10.9. The van der Waals surface area contributed by atoms with Gasteiger partial charge in [-0.2, -0.15) is 0 Å². The van der Waals surface area contributed by atoms with Gasteiger partial charge in [-0.05, 0) is 72.8 Å². The molecular formula is C19H25NO. The smallest absolute Gasteiger partial charge is 0.116 e. The maximum absolute atomic E-state index is 9.98. The van der Waals surface area contributed by atoms with Crippen LogP contribution >= 0.6 is 0 Å². The molecule has 2 aromatic rings. The van der Waals surface area contributed by atoms with E-state index in [-0.39, 0.29) is 0 Å². The predicted molar refractivity (Wildman–Crippen MR) is 89.0 cm³/mol. The van der Waals surface area contributed by atoms with Gasteiger partial charge in [0.25, 0.3) is 0 Å². The van der Waals surface area contributed by atoms with Crippen molar-refractivity contribution in [3.8, 4) is 5.75 Å². The Labute approximate surface area is 127 Å². The number of benzene rings is 2. The zero-order chi connectivity index (χ0) is 14.8. The summed E-state index contributed by atoms with van der Waals surface area (Å²) in [6.45, 7) is 6.85. The molecule has 0 spiro atoms. The highest BCUT2D eigenvalue weighted by atomic mass is 16.3. The fraction of sp³-hybridized carbons (Fsp3) is 0.474. The van der Waals surface area contributed by atoms with Gasteiger partial charge in [-0.1, -0.05) is 32.0 Å². The summed E-state index contributed by atoms with van der Waals surface area (Å²) < 4.78 is 0. The van der Waals surface area contributed by atoms with Crippen LogP contribution in [0.3, 0.4) is 0 Å². The van der Waals surface area contributed by atoms with Crippen molar-refractivity contribution in [3.63, 3.8) is 0 Å². The molecule has 0 bridgehead atoms. The van der Waals surface area contributed by atoms with Gasteiger partial charge in [-0.3, -0.25) is 4.90 Å². The number of phenolic OH excluding ortho intramolecular Hbond substituents is 1. The van der Waals surface area contributed by atoms with E-state index in [1.54, 1.807) is 0 Å². The molecule has 0 unspecified atom stereocenters. The minimum absolute atomic E-state index is 0.396. The molecule has 0 amide bonds. The molecular weight excluding hydrogens is 258 g/mol. The summed E-state index contributed by atoms with van der Waals surface area (Å²) in [5.74, 6) is 0.396. The van der Waals surface area contributed by atoms with Crippen LogP contribution in [0, 0.1) is 0 Å². The Morgan fingerprint density at radius 2 is 1.76 bits per heavy atom. The first-order valence-electron chi connectivity index (χ1n) is 8.20. The Bertz CT molecular complexity index is 629. The molecule has 0 radical (unpaired) electrons. The molecule has 0 heterocycles. The Balaban J connectivity index is 1.98. The fourth-order valence-corrected chi connectivity index (χ4v) is 3.80. The van der Waals surface area contributed by atoms with Gasteiger partial charge in [-0.15, -0.1) is 0 Å². The molecule has 0 saturated carbocycles. The minimum atomic E-state index is 0.396. The van der Waals surface area contributed by atoms with E-state index in [0.717, 1.165) is 12.8 Å². The van der Waals surface area contributed by atoms with Gasteiger partial charge in [0.05, 0.1) is 0 Å². The number of hydrogen-bond donors (Lipinski definition) is 1. The van der Waals surface area contributed by atoms with E-state index < -0.39 is 0 Å². The minimum Gasteiger partial charge on any atom is -0.508 e. The second-order valence-corrected chi connectivity index (χ2v) is 6.22. The summed E-state index contributed by atoms with van der Waals surface area (Å²) in [6.07, 6.45) is 4.60. The van der Waals surface area contributed by atoms with Crippen LogP contribution in [-0.2, 0) is 12.8 Å². The molecule has 2 heteroatoms. The highest BCUT2D eigenvalue weighted by molar-refractivity contribution is 5.91. The van der Waals surface area contributed by atoms with Crippen LogP contribution in [0.25, 0.3) is 10.8 Å². The maximum Gasteiger partial charge on any atom is 0.116 e. The number of phenols is 1. The molecule has 1 aliphatic carbocycles. The SMILES string of the molecule is CCCN(CCC)[C@H]1Cc2cccc3cc(O)cc(c23)C1. The normalized spacial score (nSPS) is 17.6. The van der Waals surface area contributed by atoms with E-state index in [0.29, 0.717) is 11.8 Å². The Hall–Kier alpha value is -1.54. The van der Waals surface area contributed by atoms with Crippen molar-refractivity contribution in [2.45, 2.75) is 45.6 Å². The van der Waals surface area contributed by atoms with Gasteiger partial charge in [0.1, 0.15) is 5.75 Å². The third-order valence-corrected chi connectivity index (χ3v) is 4.58. The molecule has 1 aliphatic rings. The van der Waals surface area contributed by atoms with Crippen molar-refractivity contribution >= 4 is 10.8 Å². The summed E-state index contributed by atoms with van der Waals surface area (Å²) in [5, 5.41) is 12.5. The van der Waals surface area contributed by atoms with Crippen molar-refractivity contribution in [2.75, 3.05) is 13.1 Å². The fourth-order valence-electron chi connectivity index (χ4n) is 3.80. The van der Waals surface area contributed by atoms with Crippen LogP contribution in [0.2, 0.25) is 0 Å². The van der Waals surface area contributed by atoms with Crippen LogP contribution in [0.4, 0.5) is 0 Å². The Morgan fingerprint density at radius 1 is 1.05 bits per heavy atom. The standard InChI is InChI=1S/C19H25NO/c1-3-8-20(9-4-2)17-10-14-6-5-7-15-12-18(21)13-16(11-17)19(14)15/h5-7,12-13,17,21H,3-4,8-11H2,1-2H3/t17-/m0/s1. The summed E-state index contributed by atoms with van der Waals surface area (Å²) >= 11 is 0. The summed E-state index contributed by atoms with van der Waals surface area (Å²) in [7, 11) is 0. The lowest BCUT2D eigenvalue weighted by atomic mass is 9.84. The quantitative estimate of drug-likeness (QED) is 0.891. The lowest BCUT2D eigenvalue weighted by molar-refractivity contribution is 0.191. The predicted octanol–water partition coefficient (Wildman–Crippen LogP) is 4.13. The Morgan fingerprint density at radius 3 is 2.48 bits per heavy atom. The second-order valence-electron chi connectivity index (χ2n) is 6.22. The van der Waals surface area contributed by atoms with Crippen molar-refractivity contribution in [1.29, 1.82) is 0 Å². The first kappa shape index (κ1) is 14.4. The van der Waals surface area contributed by atoms with Crippen LogP contribution in [0.15, 0.2) is 30.3 Å². The molecule has 1 atom stereocenters. The summed E-state index contributed by atoms with van der Waals surface area (Å²) in [5.41, 5.74) is 2.75. The molecule has 0 aliphatic heterocycles. The summed E-state index contributed by atoms with van der Waals surface area (Å²) in [4.78, 5) is 2.63. The number of nitrogens with zero attached hydrogens (tertiary/aromatic N) is 1. The van der Waals surface area contributed by atoms with E-state index in [4.69, 9.17) is 0 Å². The molecule has 1 N–H and O–H groups in total. The average Bonchev–Trinajstić information content (AvgIpc) is 2.46. The van der Waals surface area contributed by atoms with E-state index >= 15 is 0 Å². The first-order chi connectivity index (χ1) is 10.2. The van der Waals surface area contributed by atoms with Gasteiger partial charge < -0.3 is 5.11 Å². The first-order valence-corrected chi connectivity index (χ1v) is 8.20. The molecule has 112 valence electrons. The van der Waals surface area contributed by atoms with Crippen LogP contribution in [0.5, 0.6) is 5.75 Å². The average molecular weight is 283 g/mol. The maximum atomic E-state index is 9.98. The lowest BCUT2D eigenvalue weighted by Gasteiger charge is -2.35. The zero-order valence-electron chi connectivity index (χ0n) is 13.1. The topological polar surface area (TPSA) is 23.5 Å². The Kier molecular flexibility index (Phi) is 4.16. The van der Waals surface area contributed by atoms with Crippen LogP contribution < -0.4 is 0 Å². The third kappa shape index (κ3) is 2.77. The van der Waals surface area contributed by atoms with Gasteiger partial charge >= 0.3 is 0 Å². The van der Waals surface area contributed by atoms with Crippen LogP contribution in [0.1, 0.15) is 37.8 Å². The molecule has 2 nitrogen and oxygen atoms in total. The monoisotopic (exact) mass is 283 g/mol. The van der Waals surface area contributed by atoms with Gasteiger partial charge in [0.15, 0.2) is 0 Å². The molecule has 3 rings (SSSR count). The van der Waals surface area contributed by atoms with E-state index in [9.17, 15) is 5.11 Å². The molecule has 0 saturated heterocycles. The van der Waals surface area contributed by atoms with Gasteiger partial charge in [0, 0.05) is 6.04 Å². The molecule has 0 fully saturated rings. The van der Waals surface area contributed by atoms with Crippen molar-refractivity contribution in [2.24, 2.45) is 0 Å². The van der Waals surface area contributed by atoms with E-state index in [1.165, 1.54) is 47.8 Å². The zero-order valence-corrected chi connectivity index (χ0v) is 13.1. The largest absolute Gasteiger partial charge is 0.508 e. The number of hydrogen-bond acceptors (Lipinski definition) is 2.